The van der Waals surface area contributed by atoms with Gasteiger partial charge in [-0.05, 0) is 19.1 Å². The summed E-state index contributed by atoms with van der Waals surface area (Å²) in [5.74, 6) is 0. The van der Waals surface area contributed by atoms with Crippen molar-refractivity contribution < 1.29 is 0 Å². The van der Waals surface area contributed by atoms with E-state index in [0.29, 0.717) is 0 Å². The van der Waals surface area contributed by atoms with E-state index in [0.717, 1.165) is 0 Å². The zero-order chi connectivity index (χ0) is 8.04. The Morgan fingerprint density at radius 2 is 1.60 bits per heavy atom. The molecule has 0 aliphatic rings. The van der Waals surface area contributed by atoms with Gasteiger partial charge >= 0.3 is 0 Å². The molecule has 0 bridgehead atoms. The first-order valence-corrected chi connectivity index (χ1v) is 7.49. The predicted octanol–water partition coefficient (Wildman–Crippen LogP) is 2.71. The van der Waals surface area contributed by atoms with Crippen LogP contribution in [0.4, 0.5) is 0 Å². The number of rotatable bonds is 5. The van der Waals surface area contributed by atoms with Crippen LogP contribution in [0.2, 0.25) is 12.1 Å². The van der Waals surface area contributed by atoms with E-state index in [4.69, 9.17) is 11.1 Å². The summed E-state index contributed by atoms with van der Waals surface area (Å²) in [6.45, 7) is 4.38. The van der Waals surface area contributed by atoms with Crippen LogP contribution in [0.25, 0.3) is 0 Å². The fourth-order valence-corrected chi connectivity index (χ4v) is 4.64. The highest BCUT2D eigenvalue weighted by Crippen LogP contribution is 2.19. The van der Waals surface area contributed by atoms with Gasteiger partial charge in [-0.25, -0.2) is 0 Å². The van der Waals surface area contributed by atoms with Crippen molar-refractivity contribution in [2.24, 2.45) is 0 Å². The second-order valence-electron chi connectivity index (χ2n) is 2.72. The van der Waals surface area contributed by atoms with Gasteiger partial charge in [0.15, 0.2) is 0 Å². The Morgan fingerprint density at radius 3 is 1.80 bits per heavy atom. The van der Waals surface area contributed by atoms with Crippen molar-refractivity contribution in [3.63, 3.8) is 0 Å². The number of halogens is 1. The Labute approximate surface area is 69.9 Å². The molecule has 0 heterocycles. The molecule has 10 heavy (non-hydrogen) atoms. The van der Waals surface area contributed by atoms with Crippen LogP contribution >= 0.6 is 11.1 Å². The molecule has 0 fully saturated rings. The van der Waals surface area contributed by atoms with Gasteiger partial charge in [0, 0.05) is 0 Å². The van der Waals surface area contributed by atoms with Gasteiger partial charge < -0.3 is 4.98 Å². The lowest BCUT2D eigenvalue weighted by molar-refractivity contribution is 0.951. The molecule has 0 atom stereocenters. The molecule has 0 rings (SSSR count). The van der Waals surface area contributed by atoms with Crippen LogP contribution in [0, 0.1) is 0 Å². The quantitative estimate of drug-likeness (QED) is 0.506. The van der Waals surface area contributed by atoms with Crippen molar-refractivity contribution in [1.29, 1.82) is 0 Å². The van der Waals surface area contributed by atoms with E-state index in [9.17, 15) is 0 Å². The summed E-state index contributed by atoms with van der Waals surface area (Å²) in [6, 6.07) is 2.39. The Balaban J connectivity index is 3.69. The minimum atomic E-state index is -1.50. The van der Waals surface area contributed by atoms with E-state index in [1.165, 1.54) is 24.9 Å². The van der Waals surface area contributed by atoms with Gasteiger partial charge in [0.2, 0.25) is 7.55 Å². The minimum absolute atomic E-state index is 1.19. The molecule has 0 saturated carbocycles. The maximum Gasteiger partial charge on any atom is 0.226 e. The van der Waals surface area contributed by atoms with Gasteiger partial charge in [-0.15, -0.1) is 11.1 Å². The minimum Gasteiger partial charge on any atom is -0.328 e. The zero-order valence-electron chi connectivity index (χ0n) is 7.21. The summed E-state index contributed by atoms with van der Waals surface area (Å²) in [7, 11) is 0.489. The van der Waals surface area contributed by atoms with Crippen LogP contribution in [0.15, 0.2) is 0 Å². The fraction of sp³-hybridized carbons (Fsp3) is 1.00. The zero-order valence-corrected chi connectivity index (χ0v) is 8.96. The maximum atomic E-state index is 6.35. The first-order chi connectivity index (χ1) is 4.68. The number of hydrogen-bond acceptors (Lipinski definition) is 1. The Kier molecular flexibility index (Phi) is 5.40. The molecule has 1 nitrogen and oxygen atoms in total. The standard InChI is InChI=1S/C7H18ClNSi/c1-4-6-10(8,9-3)7-5-2/h9H,4-7H2,1-3H3. The van der Waals surface area contributed by atoms with E-state index in [-0.39, 0.29) is 0 Å². The molecule has 0 spiro atoms. The summed E-state index contributed by atoms with van der Waals surface area (Å²) in [5, 5.41) is 0. The molecule has 0 amide bonds. The molecular weight excluding hydrogens is 162 g/mol. The van der Waals surface area contributed by atoms with Gasteiger partial charge in [-0.3, -0.25) is 0 Å². The molecule has 0 aliphatic carbocycles. The third-order valence-electron chi connectivity index (χ3n) is 1.74. The summed E-state index contributed by atoms with van der Waals surface area (Å²) in [6.07, 6.45) is 2.41. The van der Waals surface area contributed by atoms with Crippen molar-refractivity contribution in [3.05, 3.63) is 0 Å². The van der Waals surface area contributed by atoms with Crippen molar-refractivity contribution in [2.75, 3.05) is 7.05 Å². The third kappa shape index (κ3) is 3.59. The number of hydrogen-bond donors (Lipinski definition) is 1. The number of nitrogens with one attached hydrogen (secondary N) is 1. The molecule has 0 aliphatic heterocycles. The van der Waals surface area contributed by atoms with Crippen molar-refractivity contribution in [1.82, 2.24) is 4.98 Å². The van der Waals surface area contributed by atoms with Crippen LogP contribution < -0.4 is 4.98 Å². The highest BCUT2D eigenvalue weighted by Gasteiger charge is 2.26. The van der Waals surface area contributed by atoms with Crippen molar-refractivity contribution in [3.8, 4) is 0 Å². The Hall–Kier alpha value is 0.467. The molecule has 0 aromatic rings. The molecule has 62 valence electrons. The molecule has 0 radical (unpaired) electrons. The highest BCUT2D eigenvalue weighted by molar-refractivity contribution is 7.18. The van der Waals surface area contributed by atoms with Crippen LogP contribution in [-0.4, -0.2) is 14.6 Å². The largest absolute Gasteiger partial charge is 0.328 e. The summed E-state index contributed by atoms with van der Waals surface area (Å²) in [5.41, 5.74) is 0. The predicted molar refractivity (Wildman–Crippen MR) is 50.9 cm³/mol. The lowest BCUT2D eigenvalue weighted by Gasteiger charge is -2.21. The summed E-state index contributed by atoms with van der Waals surface area (Å²) >= 11 is 6.35. The van der Waals surface area contributed by atoms with Gasteiger partial charge in [0.1, 0.15) is 0 Å². The van der Waals surface area contributed by atoms with E-state index < -0.39 is 7.55 Å². The van der Waals surface area contributed by atoms with E-state index in [2.05, 4.69) is 18.8 Å². The molecule has 0 unspecified atom stereocenters. The highest BCUT2D eigenvalue weighted by atomic mass is 35.6. The topological polar surface area (TPSA) is 12.0 Å². The van der Waals surface area contributed by atoms with Crippen LogP contribution in [0.1, 0.15) is 26.7 Å². The van der Waals surface area contributed by atoms with Crippen LogP contribution in [0.5, 0.6) is 0 Å². The Bertz CT molecular complexity index is 81.7. The lowest BCUT2D eigenvalue weighted by Crippen LogP contribution is -2.42. The monoisotopic (exact) mass is 179 g/mol. The van der Waals surface area contributed by atoms with Gasteiger partial charge in [0.25, 0.3) is 0 Å². The second-order valence-corrected chi connectivity index (χ2v) is 8.32. The third-order valence-corrected chi connectivity index (χ3v) is 6.92. The molecule has 0 aromatic heterocycles. The fourth-order valence-electron chi connectivity index (χ4n) is 1.17. The smallest absolute Gasteiger partial charge is 0.226 e. The average molecular weight is 180 g/mol. The lowest BCUT2D eigenvalue weighted by atomic mass is 10.6. The molecule has 0 aromatic carbocycles. The molecule has 0 saturated heterocycles. The first-order valence-electron chi connectivity index (χ1n) is 4.06. The molecule has 3 heteroatoms. The van der Waals surface area contributed by atoms with Crippen molar-refractivity contribution >= 4 is 18.6 Å². The van der Waals surface area contributed by atoms with Gasteiger partial charge in [-0.1, -0.05) is 26.7 Å². The normalized spacial score (nSPS) is 12.0. The van der Waals surface area contributed by atoms with Crippen LogP contribution in [-0.2, 0) is 0 Å². The van der Waals surface area contributed by atoms with E-state index >= 15 is 0 Å². The summed E-state index contributed by atoms with van der Waals surface area (Å²) < 4.78 is 0. The molecular formula is C7H18ClNSi. The first kappa shape index (κ1) is 10.5. The Morgan fingerprint density at radius 1 is 1.20 bits per heavy atom. The van der Waals surface area contributed by atoms with Crippen molar-refractivity contribution in [2.45, 2.75) is 38.8 Å². The van der Waals surface area contributed by atoms with E-state index in [1.54, 1.807) is 0 Å². The summed E-state index contributed by atoms with van der Waals surface area (Å²) in [4.78, 5) is 3.28. The van der Waals surface area contributed by atoms with Gasteiger partial charge in [0.05, 0.1) is 0 Å². The molecule has 1 N–H and O–H groups in total. The maximum absolute atomic E-state index is 6.35. The van der Waals surface area contributed by atoms with Gasteiger partial charge in [-0.2, -0.15) is 0 Å². The SMILES string of the molecule is CCC[Si](Cl)(CCC)NC. The second kappa shape index (κ2) is 5.16. The van der Waals surface area contributed by atoms with Crippen LogP contribution in [0.3, 0.4) is 0 Å². The average Bonchev–Trinajstić information content (AvgIpc) is 1.89. The van der Waals surface area contributed by atoms with E-state index in [1.807, 2.05) is 7.05 Å².